The van der Waals surface area contributed by atoms with Gasteiger partial charge in [0.2, 0.25) is 0 Å². The molecule has 3 rings (SSSR count). The monoisotopic (exact) mass is 351 g/mol. The van der Waals surface area contributed by atoms with Crippen LogP contribution in [0.5, 0.6) is 0 Å². The molecule has 0 saturated heterocycles. The molecule has 26 heavy (non-hydrogen) atoms. The fourth-order valence-electron chi connectivity index (χ4n) is 3.29. The van der Waals surface area contributed by atoms with Crippen LogP contribution in [0, 0.1) is 0 Å². The molecule has 1 atom stereocenters. The summed E-state index contributed by atoms with van der Waals surface area (Å²) in [6.45, 7) is 1.63. The van der Waals surface area contributed by atoms with Crippen LogP contribution in [-0.4, -0.2) is 24.0 Å². The summed E-state index contributed by atoms with van der Waals surface area (Å²) in [4.78, 5) is 24.2. The van der Waals surface area contributed by atoms with E-state index < -0.39 is 6.10 Å². The van der Waals surface area contributed by atoms with Crippen molar-refractivity contribution in [3.8, 4) is 11.1 Å². The Morgan fingerprint density at radius 1 is 1.00 bits per heavy atom. The minimum absolute atomic E-state index is 0.163. The number of ether oxygens (including phenoxy) is 1. The molecule has 4 heteroatoms. The van der Waals surface area contributed by atoms with E-state index in [-0.39, 0.29) is 24.3 Å². The Balaban J connectivity index is 1.50. The van der Waals surface area contributed by atoms with Crippen molar-refractivity contribution in [3.63, 3.8) is 0 Å². The average Bonchev–Trinajstić information content (AvgIpc) is 3.16. The van der Waals surface area contributed by atoms with Gasteiger partial charge in [-0.3, -0.25) is 9.59 Å². The lowest BCUT2D eigenvalue weighted by atomic mass is 10.0. The van der Waals surface area contributed by atoms with Gasteiger partial charge >= 0.3 is 5.97 Å². The van der Waals surface area contributed by atoms with E-state index in [0.717, 1.165) is 42.4 Å². The minimum atomic E-state index is -0.758. The number of carbonyl (C=O) groups is 2. The smallest absolute Gasteiger partial charge is 0.311 e. The van der Waals surface area contributed by atoms with Gasteiger partial charge in [-0.15, -0.1) is 0 Å². The van der Waals surface area contributed by atoms with Crippen molar-refractivity contribution in [2.75, 3.05) is 0 Å². The summed E-state index contributed by atoms with van der Waals surface area (Å²) in [7, 11) is 0. The first-order chi connectivity index (χ1) is 12.6. The maximum atomic E-state index is 12.1. The van der Waals surface area contributed by atoms with Crippen LogP contribution in [0.25, 0.3) is 11.1 Å². The molecule has 136 valence electrons. The van der Waals surface area contributed by atoms with Crippen molar-refractivity contribution in [3.05, 3.63) is 60.2 Å². The Morgan fingerprint density at radius 2 is 1.62 bits per heavy atom. The SMILES string of the molecule is C[C@H](OC(=O)Cc1ccc(-c2ccccc2)cc1)C(=O)NC1CCCC1. The molecule has 0 heterocycles. The third-order valence-corrected chi connectivity index (χ3v) is 4.79. The molecule has 1 fully saturated rings. The fraction of sp³-hybridized carbons (Fsp3) is 0.364. The van der Waals surface area contributed by atoms with E-state index in [1.165, 1.54) is 0 Å². The fourth-order valence-corrected chi connectivity index (χ4v) is 3.29. The number of esters is 1. The summed E-state index contributed by atoms with van der Waals surface area (Å²) in [6, 6.07) is 18.1. The lowest BCUT2D eigenvalue weighted by molar-refractivity contribution is -0.154. The van der Waals surface area contributed by atoms with Gasteiger partial charge in [-0.2, -0.15) is 0 Å². The Labute approximate surface area is 154 Å². The molecule has 0 bridgehead atoms. The van der Waals surface area contributed by atoms with Crippen molar-refractivity contribution in [1.82, 2.24) is 5.32 Å². The average molecular weight is 351 g/mol. The van der Waals surface area contributed by atoms with E-state index in [4.69, 9.17) is 4.74 Å². The summed E-state index contributed by atoms with van der Waals surface area (Å²) in [5.74, 6) is -0.587. The second-order valence-corrected chi connectivity index (χ2v) is 6.86. The van der Waals surface area contributed by atoms with E-state index in [1.807, 2.05) is 54.6 Å². The maximum absolute atomic E-state index is 12.1. The van der Waals surface area contributed by atoms with Gasteiger partial charge in [-0.1, -0.05) is 67.4 Å². The first-order valence-corrected chi connectivity index (χ1v) is 9.26. The van der Waals surface area contributed by atoms with Crippen LogP contribution < -0.4 is 5.32 Å². The number of hydrogen-bond donors (Lipinski definition) is 1. The molecule has 1 N–H and O–H groups in total. The van der Waals surface area contributed by atoms with E-state index in [0.29, 0.717) is 0 Å². The molecule has 0 aliphatic heterocycles. The molecule has 2 aromatic rings. The van der Waals surface area contributed by atoms with Crippen LogP contribution in [0.4, 0.5) is 0 Å². The van der Waals surface area contributed by atoms with Crippen LogP contribution >= 0.6 is 0 Å². The maximum Gasteiger partial charge on any atom is 0.311 e. The number of hydrogen-bond acceptors (Lipinski definition) is 3. The summed E-state index contributed by atoms with van der Waals surface area (Å²) in [5.41, 5.74) is 3.11. The number of benzene rings is 2. The van der Waals surface area contributed by atoms with Gasteiger partial charge < -0.3 is 10.1 Å². The van der Waals surface area contributed by atoms with Gasteiger partial charge in [0, 0.05) is 6.04 Å². The van der Waals surface area contributed by atoms with Crippen LogP contribution in [-0.2, 0) is 20.7 Å². The van der Waals surface area contributed by atoms with Crippen LogP contribution in [0.2, 0.25) is 0 Å². The highest BCUT2D eigenvalue weighted by Gasteiger charge is 2.23. The van der Waals surface area contributed by atoms with Crippen LogP contribution in [0.3, 0.4) is 0 Å². The summed E-state index contributed by atoms with van der Waals surface area (Å²) in [6.07, 6.45) is 3.74. The quantitative estimate of drug-likeness (QED) is 0.804. The van der Waals surface area contributed by atoms with Crippen LogP contribution in [0.15, 0.2) is 54.6 Å². The molecule has 1 saturated carbocycles. The molecule has 0 unspecified atom stereocenters. The van der Waals surface area contributed by atoms with Crippen molar-refractivity contribution in [2.24, 2.45) is 0 Å². The van der Waals surface area contributed by atoms with Gasteiger partial charge in [0.05, 0.1) is 6.42 Å². The van der Waals surface area contributed by atoms with Crippen LogP contribution in [0.1, 0.15) is 38.2 Å². The van der Waals surface area contributed by atoms with Crippen molar-refractivity contribution < 1.29 is 14.3 Å². The van der Waals surface area contributed by atoms with Gasteiger partial charge in [0.25, 0.3) is 5.91 Å². The Bertz CT molecular complexity index is 734. The second kappa shape index (κ2) is 8.65. The van der Waals surface area contributed by atoms with E-state index in [2.05, 4.69) is 5.32 Å². The number of rotatable bonds is 6. The normalized spacial score (nSPS) is 15.4. The number of nitrogens with one attached hydrogen (secondary N) is 1. The highest BCUT2D eigenvalue weighted by atomic mass is 16.5. The predicted molar refractivity (Wildman–Crippen MR) is 102 cm³/mol. The lowest BCUT2D eigenvalue weighted by Crippen LogP contribution is -2.41. The minimum Gasteiger partial charge on any atom is -0.452 e. The molecular formula is C22H25NO3. The van der Waals surface area contributed by atoms with Crippen molar-refractivity contribution >= 4 is 11.9 Å². The molecule has 0 radical (unpaired) electrons. The Kier molecular flexibility index (Phi) is 6.05. The molecule has 0 spiro atoms. The molecule has 2 aromatic carbocycles. The number of amides is 1. The molecule has 1 aliphatic carbocycles. The molecular weight excluding hydrogens is 326 g/mol. The largest absolute Gasteiger partial charge is 0.452 e. The van der Waals surface area contributed by atoms with E-state index in [9.17, 15) is 9.59 Å². The molecule has 1 amide bonds. The molecule has 0 aromatic heterocycles. The standard InChI is InChI=1S/C22H25NO3/c1-16(22(25)23-20-9-5-6-10-20)26-21(24)15-17-11-13-19(14-12-17)18-7-3-2-4-8-18/h2-4,7-8,11-14,16,20H,5-6,9-10,15H2,1H3,(H,23,25)/t16-/m0/s1. The third kappa shape index (κ3) is 4.94. The van der Waals surface area contributed by atoms with Gasteiger partial charge in [-0.25, -0.2) is 0 Å². The second-order valence-electron chi connectivity index (χ2n) is 6.86. The first-order valence-electron chi connectivity index (χ1n) is 9.26. The molecule has 1 aliphatic rings. The first kappa shape index (κ1) is 18.2. The van der Waals surface area contributed by atoms with E-state index >= 15 is 0 Å². The number of carbonyl (C=O) groups excluding carboxylic acids is 2. The van der Waals surface area contributed by atoms with Gasteiger partial charge in [0.15, 0.2) is 6.10 Å². The van der Waals surface area contributed by atoms with Gasteiger partial charge in [-0.05, 0) is 36.5 Å². The summed E-state index contributed by atoms with van der Waals surface area (Å²) in [5, 5.41) is 2.96. The predicted octanol–water partition coefficient (Wildman–Crippen LogP) is 3.89. The highest BCUT2D eigenvalue weighted by molar-refractivity contribution is 5.84. The zero-order valence-corrected chi connectivity index (χ0v) is 15.1. The van der Waals surface area contributed by atoms with E-state index in [1.54, 1.807) is 6.92 Å². The Hall–Kier alpha value is -2.62. The molecule has 4 nitrogen and oxygen atoms in total. The lowest BCUT2D eigenvalue weighted by Gasteiger charge is -2.17. The summed E-state index contributed by atoms with van der Waals surface area (Å²) < 4.78 is 5.29. The highest BCUT2D eigenvalue weighted by Crippen LogP contribution is 2.20. The zero-order chi connectivity index (χ0) is 18.4. The Morgan fingerprint density at radius 3 is 2.27 bits per heavy atom. The topological polar surface area (TPSA) is 55.4 Å². The van der Waals surface area contributed by atoms with Crippen molar-refractivity contribution in [1.29, 1.82) is 0 Å². The summed E-state index contributed by atoms with van der Waals surface area (Å²) >= 11 is 0. The van der Waals surface area contributed by atoms with Crippen molar-refractivity contribution in [2.45, 2.75) is 51.2 Å². The zero-order valence-electron chi connectivity index (χ0n) is 15.1. The van der Waals surface area contributed by atoms with Gasteiger partial charge in [0.1, 0.15) is 0 Å². The third-order valence-electron chi connectivity index (χ3n) is 4.79.